The number of hydrogen-bond donors (Lipinski definition) is 2. The number of rotatable bonds is 9. The summed E-state index contributed by atoms with van der Waals surface area (Å²) in [7, 11) is 1.00. The predicted octanol–water partition coefficient (Wildman–Crippen LogP) is 3.15. The molecule has 1 saturated heterocycles. The summed E-state index contributed by atoms with van der Waals surface area (Å²) in [5, 5.41) is 9.90. The predicted molar refractivity (Wildman–Crippen MR) is 104 cm³/mol. The fourth-order valence-electron chi connectivity index (χ4n) is 3.32. The zero-order valence-corrected chi connectivity index (χ0v) is 17.1. The van der Waals surface area contributed by atoms with Crippen LogP contribution in [0.1, 0.15) is 79.1 Å². The third-order valence-electron chi connectivity index (χ3n) is 4.65. The Morgan fingerprint density at radius 2 is 1.56 bits per heavy atom. The summed E-state index contributed by atoms with van der Waals surface area (Å²) >= 11 is 0. The largest absolute Gasteiger partial charge is 0.400 e. The van der Waals surface area contributed by atoms with E-state index in [1.807, 2.05) is 20.8 Å². The Hall–Kier alpha value is -0.940. The highest BCUT2D eigenvalue weighted by Crippen LogP contribution is 2.20. The molecule has 0 unspecified atom stereocenters. The average molecular weight is 357 g/mol. The van der Waals surface area contributed by atoms with Gasteiger partial charge in [-0.05, 0) is 57.7 Å². The normalized spacial score (nSPS) is 16.6. The van der Waals surface area contributed by atoms with Crippen LogP contribution >= 0.6 is 0 Å². The molecule has 0 aromatic carbocycles. The number of carbonyl (C=O) groups is 2. The van der Waals surface area contributed by atoms with Crippen LogP contribution in [0.3, 0.4) is 0 Å². The second kappa shape index (κ2) is 13.3. The summed E-state index contributed by atoms with van der Waals surface area (Å²) in [6.45, 7) is 11.3. The molecule has 5 nitrogen and oxygen atoms in total. The Morgan fingerprint density at radius 1 is 1.00 bits per heavy atom. The minimum Gasteiger partial charge on any atom is -0.400 e. The van der Waals surface area contributed by atoms with E-state index >= 15 is 0 Å². The van der Waals surface area contributed by atoms with E-state index in [1.54, 1.807) is 6.92 Å². The first-order valence-electron chi connectivity index (χ1n) is 9.77. The van der Waals surface area contributed by atoms with Crippen LogP contribution in [0.15, 0.2) is 0 Å². The van der Waals surface area contributed by atoms with Gasteiger partial charge in [0.05, 0.1) is 6.04 Å². The van der Waals surface area contributed by atoms with Gasteiger partial charge in [0, 0.05) is 13.5 Å². The number of carbonyl (C=O) groups excluding carboxylic acids is 2. The van der Waals surface area contributed by atoms with Crippen LogP contribution in [-0.4, -0.2) is 54.5 Å². The third-order valence-corrected chi connectivity index (χ3v) is 4.65. The van der Waals surface area contributed by atoms with Crippen molar-refractivity contribution in [3.05, 3.63) is 0 Å². The summed E-state index contributed by atoms with van der Waals surface area (Å²) in [5.74, 6) is 0.0449. The summed E-state index contributed by atoms with van der Waals surface area (Å²) in [6.07, 6.45) is 9.07. The summed E-state index contributed by atoms with van der Waals surface area (Å²) in [6, 6.07) is -0.380. The standard InChI is InChI=1S/C19H36N2O2.CH4O/c1-16(22)18(19(2,3)4)20-17(23)12-8-5-6-9-13-21-14-10-7-11-15-21;1-2/h18H,5-15H2,1-4H3,(H,20,23);2H,1H3/t18-;/m1./s1. The Kier molecular flexibility index (Phi) is 12.8. The van der Waals surface area contributed by atoms with Gasteiger partial charge in [0.25, 0.3) is 0 Å². The highest BCUT2D eigenvalue weighted by atomic mass is 16.2. The van der Waals surface area contributed by atoms with Crippen molar-refractivity contribution in [1.29, 1.82) is 0 Å². The minimum absolute atomic E-state index is 0.0103. The molecule has 2 N–H and O–H groups in total. The van der Waals surface area contributed by atoms with Crippen LogP contribution < -0.4 is 5.32 Å². The molecule has 1 fully saturated rings. The SMILES string of the molecule is CC(=O)[C@@H](NC(=O)CCCCCCN1CCCCC1)C(C)(C)C.CO. The number of piperidine rings is 1. The zero-order chi connectivity index (χ0) is 19.3. The molecule has 1 atom stereocenters. The van der Waals surface area contributed by atoms with Crippen LogP contribution in [0.2, 0.25) is 0 Å². The van der Waals surface area contributed by atoms with E-state index in [1.165, 1.54) is 51.7 Å². The van der Waals surface area contributed by atoms with Crippen LogP contribution in [-0.2, 0) is 9.59 Å². The smallest absolute Gasteiger partial charge is 0.220 e. The van der Waals surface area contributed by atoms with Crippen molar-refractivity contribution in [2.45, 2.75) is 85.1 Å². The molecule has 5 heteroatoms. The Balaban J connectivity index is 0.00000277. The van der Waals surface area contributed by atoms with Gasteiger partial charge >= 0.3 is 0 Å². The van der Waals surface area contributed by atoms with Gasteiger partial charge in [-0.2, -0.15) is 0 Å². The quantitative estimate of drug-likeness (QED) is 0.623. The number of amides is 1. The van der Waals surface area contributed by atoms with Crippen LogP contribution in [0, 0.1) is 5.41 Å². The maximum absolute atomic E-state index is 12.0. The monoisotopic (exact) mass is 356 g/mol. The highest BCUT2D eigenvalue weighted by molar-refractivity contribution is 5.88. The Labute approximate surface area is 154 Å². The van der Waals surface area contributed by atoms with Crippen molar-refractivity contribution >= 4 is 11.7 Å². The van der Waals surface area contributed by atoms with Gasteiger partial charge in [0.15, 0.2) is 5.78 Å². The highest BCUT2D eigenvalue weighted by Gasteiger charge is 2.29. The lowest BCUT2D eigenvalue weighted by molar-refractivity contribution is -0.129. The van der Waals surface area contributed by atoms with E-state index in [2.05, 4.69) is 10.2 Å². The lowest BCUT2D eigenvalue weighted by atomic mass is 9.84. The van der Waals surface area contributed by atoms with E-state index in [4.69, 9.17) is 5.11 Å². The molecule has 1 rings (SSSR count). The van der Waals surface area contributed by atoms with Crippen molar-refractivity contribution in [1.82, 2.24) is 10.2 Å². The van der Waals surface area contributed by atoms with Crippen LogP contribution in [0.5, 0.6) is 0 Å². The average Bonchev–Trinajstić information content (AvgIpc) is 2.57. The molecule has 0 spiro atoms. The molecule has 25 heavy (non-hydrogen) atoms. The minimum atomic E-state index is -0.380. The molecule has 0 aromatic heterocycles. The molecular weight excluding hydrogens is 316 g/mol. The van der Waals surface area contributed by atoms with Gasteiger partial charge in [-0.25, -0.2) is 0 Å². The molecular formula is C20H40N2O3. The fourth-order valence-corrected chi connectivity index (χ4v) is 3.32. The third kappa shape index (κ3) is 11.3. The number of aliphatic hydroxyl groups excluding tert-OH is 1. The maximum Gasteiger partial charge on any atom is 0.220 e. The molecule has 1 aliphatic heterocycles. The molecule has 0 aromatic rings. The first kappa shape index (κ1) is 24.1. The molecule has 0 bridgehead atoms. The van der Waals surface area contributed by atoms with Gasteiger partial charge < -0.3 is 15.3 Å². The molecule has 0 aliphatic carbocycles. The summed E-state index contributed by atoms with van der Waals surface area (Å²) < 4.78 is 0. The molecule has 0 saturated carbocycles. The van der Waals surface area contributed by atoms with Crippen LogP contribution in [0.25, 0.3) is 0 Å². The van der Waals surface area contributed by atoms with E-state index in [9.17, 15) is 9.59 Å². The maximum atomic E-state index is 12.0. The molecule has 0 radical (unpaired) electrons. The lowest BCUT2D eigenvalue weighted by Gasteiger charge is -2.29. The number of aliphatic hydroxyl groups is 1. The number of unbranched alkanes of at least 4 members (excludes halogenated alkanes) is 3. The number of likely N-dealkylation sites (tertiary alicyclic amines) is 1. The summed E-state index contributed by atoms with van der Waals surface area (Å²) in [4.78, 5) is 26.3. The van der Waals surface area contributed by atoms with Crippen molar-refractivity contribution in [3.8, 4) is 0 Å². The van der Waals surface area contributed by atoms with E-state index in [-0.39, 0.29) is 23.1 Å². The molecule has 148 valence electrons. The van der Waals surface area contributed by atoms with E-state index in [0.717, 1.165) is 20.0 Å². The first-order valence-corrected chi connectivity index (χ1v) is 9.77. The van der Waals surface area contributed by atoms with Gasteiger partial charge in [0.2, 0.25) is 5.91 Å². The number of nitrogens with one attached hydrogen (secondary N) is 1. The molecule has 1 aliphatic rings. The molecule has 1 amide bonds. The van der Waals surface area contributed by atoms with Crippen molar-refractivity contribution < 1.29 is 14.7 Å². The van der Waals surface area contributed by atoms with Crippen LogP contribution in [0.4, 0.5) is 0 Å². The van der Waals surface area contributed by atoms with E-state index in [0.29, 0.717) is 6.42 Å². The number of ketones is 1. The number of nitrogens with zero attached hydrogens (tertiary/aromatic N) is 1. The number of hydrogen-bond acceptors (Lipinski definition) is 4. The second-order valence-corrected chi connectivity index (χ2v) is 8.04. The topological polar surface area (TPSA) is 69.6 Å². The summed E-state index contributed by atoms with van der Waals surface area (Å²) in [5.41, 5.74) is -0.226. The molecule has 1 heterocycles. The van der Waals surface area contributed by atoms with Gasteiger partial charge in [-0.3, -0.25) is 9.59 Å². The van der Waals surface area contributed by atoms with E-state index < -0.39 is 0 Å². The van der Waals surface area contributed by atoms with Crippen molar-refractivity contribution in [2.75, 3.05) is 26.7 Å². The Morgan fingerprint density at radius 3 is 2.08 bits per heavy atom. The Bertz CT molecular complexity index is 372. The van der Waals surface area contributed by atoms with Crippen molar-refractivity contribution in [3.63, 3.8) is 0 Å². The van der Waals surface area contributed by atoms with Gasteiger partial charge in [-0.1, -0.05) is 40.0 Å². The second-order valence-electron chi connectivity index (χ2n) is 8.04. The van der Waals surface area contributed by atoms with Gasteiger partial charge in [-0.15, -0.1) is 0 Å². The van der Waals surface area contributed by atoms with Gasteiger partial charge in [0.1, 0.15) is 0 Å². The lowest BCUT2D eigenvalue weighted by Crippen LogP contribution is -2.48. The zero-order valence-electron chi connectivity index (χ0n) is 17.1. The number of Topliss-reactive ketones (excluding diaryl/α,β-unsaturated/α-hetero) is 1. The fraction of sp³-hybridized carbons (Fsp3) is 0.900. The van der Waals surface area contributed by atoms with Crippen molar-refractivity contribution in [2.24, 2.45) is 5.41 Å². The first-order chi connectivity index (χ1) is 11.8.